The Morgan fingerprint density at radius 3 is 3.17 bits per heavy atom. The number of fused-ring (bicyclic) bond motifs is 1. The molecule has 6 nitrogen and oxygen atoms in total. The van der Waals surface area contributed by atoms with Crippen LogP contribution in [-0.2, 0) is 4.79 Å². The van der Waals surface area contributed by atoms with Crippen LogP contribution in [0.5, 0.6) is 11.5 Å². The lowest BCUT2D eigenvalue weighted by Gasteiger charge is -2.08. The van der Waals surface area contributed by atoms with E-state index in [0.29, 0.717) is 17.6 Å². The predicted molar refractivity (Wildman–Crippen MR) is 87.9 cm³/mol. The molecule has 4 rings (SSSR count). The van der Waals surface area contributed by atoms with Gasteiger partial charge in [-0.15, -0.1) is 11.3 Å². The van der Waals surface area contributed by atoms with Gasteiger partial charge in [0.1, 0.15) is 0 Å². The third-order valence-corrected chi connectivity index (χ3v) is 4.77. The Hall–Kier alpha value is -2.12. The first-order valence-corrected chi connectivity index (χ1v) is 8.55. The van der Waals surface area contributed by atoms with Crippen molar-refractivity contribution in [3.8, 4) is 22.8 Å². The van der Waals surface area contributed by atoms with Crippen LogP contribution < -0.4 is 20.1 Å². The molecule has 23 heavy (non-hydrogen) atoms. The Morgan fingerprint density at radius 1 is 1.39 bits per heavy atom. The quantitative estimate of drug-likeness (QED) is 0.901. The lowest BCUT2D eigenvalue weighted by molar-refractivity contribution is -0.116. The van der Waals surface area contributed by atoms with Crippen molar-refractivity contribution in [1.82, 2.24) is 10.3 Å². The van der Waals surface area contributed by atoms with E-state index in [2.05, 4.69) is 15.6 Å². The summed E-state index contributed by atoms with van der Waals surface area (Å²) in [5, 5.41) is 8.77. The van der Waals surface area contributed by atoms with E-state index in [0.717, 1.165) is 42.1 Å². The Bertz CT molecular complexity index is 725. The number of nitrogens with zero attached hydrogens (tertiary/aromatic N) is 1. The third kappa shape index (κ3) is 3.16. The van der Waals surface area contributed by atoms with Gasteiger partial charge in [0.2, 0.25) is 12.7 Å². The van der Waals surface area contributed by atoms with Crippen molar-refractivity contribution in [2.45, 2.75) is 25.3 Å². The number of amides is 1. The Balaban J connectivity index is 1.43. The molecule has 1 atom stereocenters. The SMILES string of the molecule is O=C(CC1CCCN1)Nc1nc(-c2ccc3c(c2)OCO3)cs1. The molecule has 1 saturated heterocycles. The van der Waals surface area contributed by atoms with Crippen molar-refractivity contribution < 1.29 is 14.3 Å². The number of benzene rings is 1. The molecule has 1 unspecified atom stereocenters. The summed E-state index contributed by atoms with van der Waals surface area (Å²) < 4.78 is 10.7. The van der Waals surface area contributed by atoms with E-state index in [9.17, 15) is 4.79 Å². The molecule has 0 aliphatic carbocycles. The van der Waals surface area contributed by atoms with Crippen molar-refractivity contribution in [2.24, 2.45) is 0 Å². The van der Waals surface area contributed by atoms with Gasteiger partial charge in [0.25, 0.3) is 0 Å². The van der Waals surface area contributed by atoms with E-state index in [1.807, 2.05) is 23.6 Å². The van der Waals surface area contributed by atoms with Crippen LogP contribution in [0.2, 0.25) is 0 Å². The monoisotopic (exact) mass is 331 g/mol. The molecule has 1 amide bonds. The van der Waals surface area contributed by atoms with Gasteiger partial charge >= 0.3 is 0 Å². The molecule has 1 aromatic carbocycles. The number of thiazole rings is 1. The summed E-state index contributed by atoms with van der Waals surface area (Å²) in [4.78, 5) is 16.5. The van der Waals surface area contributed by atoms with Crippen molar-refractivity contribution in [3.05, 3.63) is 23.6 Å². The highest BCUT2D eigenvalue weighted by atomic mass is 32.1. The van der Waals surface area contributed by atoms with E-state index in [-0.39, 0.29) is 12.7 Å². The van der Waals surface area contributed by atoms with Gasteiger partial charge in [0.15, 0.2) is 16.6 Å². The molecule has 2 aliphatic rings. The Labute approximate surface area is 137 Å². The molecule has 0 spiro atoms. The zero-order chi connectivity index (χ0) is 15.6. The van der Waals surface area contributed by atoms with Crippen LogP contribution in [0.3, 0.4) is 0 Å². The van der Waals surface area contributed by atoms with Crippen molar-refractivity contribution in [1.29, 1.82) is 0 Å². The highest BCUT2D eigenvalue weighted by molar-refractivity contribution is 7.14. The summed E-state index contributed by atoms with van der Waals surface area (Å²) in [5.74, 6) is 1.49. The molecule has 7 heteroatoms. The van der Waals surface area contributed by atoms with E-state index < -0.39 is 0 Å². The molecular formula is C16H17N3O3S. The lowest BCUT2D eigenvalue weighted by atomic mass is 10.1. The van der Waals surface area contributed by atoms with Gasteiger partial charge in [-0.05, 0) is 37.6 Å². The predicted octanol–water partition coefficient (Wildman–Crippen LogP) is 2.62. The summed E-state index contributed by atoms with van der Waals surface area (Å²) in [5.41, 5.74) is 1.77. The smallest absolute Gasteiger partial charge is 0.231 e. The van der Waals surface area contributed by atoms with Gasteiger partial charge in [-0.25, -0.2) is 4.98 Å². The first kappa shape index (κ1) is 14.5. The maximum absolute atomic E-state index is 12.0. The number of aromatic nitrogens is 1. The van der Waals surface area contributed by atoms with Crippen LogP contribution in [0.1, 0.15) is 19.3 Å². The van der Waals surface area contributed by atoms with E-state index >= 15 is 0 Å². The molecule has 1 aromatic heterocycles. The van der Waals surface area contributed by atoms with E-state index in [1.54, 1.807) is 0 Å². The average molecular weight is 331 g/mol. The van der Waals surface area contributed by atoms with Gasteiger partial charge in [-0.2, -0.15) is 0 Å². The number of anilines is 1. The van der Waals surface area contributed by atoms with E-state index in [1.165, 1.54) is 11.3 Å². The number of nitrogens with one attached hydrogen (secondary N) is 2. The largest absolute Gasteiger partial charge is 0.454 e. The average Bonchev–Trinajstić information content (AvgIpc) is 3.27. The van der Waals surface area contributed by atoms with Crippen molar-refractivity contribution in [2.75, 3.05) is 18.7 Å². The third-order valence-electron chi connectivity index (χ3n) is 4.01. The fourth-order valence-electron chi connectivity index (χ4n) is 2.84. The highest BCUT2D eigenvalue weighted by Crippen LogP contribution is 2.36. The molecule has 0 bridgehead atoms. The second-order valence-electron chi connectivity index (χ2n) is 5.65. The molecule has 0 saturated carbocycles. The Kier molecular flexibility index (Phi) is 3.88. The van der Waals surface area contributed by atoms with Gasteiger partial charge in [0, 0.05) is 23.4 Å². The minimum Gasteiger partial charge on any atom is -0.454 e. The number of hydrogen-bond acceptors (Lipinski definition) is 6. The number of carbonyl (C=O) groups is 1. The van der Waals surface area contributed by atoms with Gasteiger partial charge in [-0.1, -0.05) is 0 Å². The molecule has 2 N–H and O–H groups in total. The van der Waals surface area contributed by atoms with Crippen LogP contribution >= 0.6 is 11.3 Å². The van der Waals surface area contributed by atoms with Crippen LogP contribution in [-0.4, -0.2) is 30.3 Å². The van der Waals surface area contributed by atoms with E-state index in [4.69, 9.17) is 9.47 Å². The summed E-state index contributed by atoms with van der Waals surface area (Å²) in [6, 6.07) is 6.02. The maximum atomic E-state index is 12.0. The molecule has 1 fully saturated rings. The number of rotatable bonds is 4. The first-order chi connectivity index (χ1) is 11.3. The fraction of sp³-hybridized carbons (Fsp3) is 0.375. The fourth-order valence-corrected chi connectivity index (χ4v) is 3.58. The van der Waals surface area contributed by atoms with Gasteiger partial charge in [-0.3, -0.25) is 4.79 Å². The van der Waals surface area contributed by atoms with Crippen LogP contribution in [0.25, 0.3) is 11.3 Å². The topological polar surface area (TPSA) is 72.5 Å². The summed E-state index contributed by atoms with van der Waals surface area (Å²) >= 11 is 1.43. The number of carbonyl (C=O) groups excluding carboxylic acids is 1. The summed E-state index contributed by atoms with van der Waals surface area (Å²) in [6.45, 7) is 1.26. The lowest BCUT2D eigenvalue weighted by Crippen LogP contribution is -2.27. The minimum absolute atomic E-state index is 0.0102. The maximum Gasteiger partial charge on any atom is 0.231 e. The second-order valence-corrected chi connectivity index (χ2v) is 6.51. The highest BCUT2D eigenvalue weighted by Gasteiger charge is 2.19. The first-order valence-electron chi connectivity index (χ1n) is 7.67. The molecule has 3 heterocycles. The number of hydrogen-bond donors (Lipinski definition) is 2. The van der Waals surface area contributed by atoms with Crippen LogP contribution in [0, 0.1) is 0 Å². The molecular weight excluding hydrogens is 314 g/mol. The Morgan fingerprint density at radius 2 is 2.30 bits per heavy atom. The van der Waals surface area contributed by atoms with Crippen molar-refractivity contribution >= 4 is 22.4 Å². The van der Waals surface area contributed by atoms with Crippen LogP contribution in [0.15, 0.2) is 23.6 Å². The molecule has 2 aliphatic heterocycles. The normalized spacial score (nSPS) is 19.0. The van der Waals surface area contributed by atoms with Crippen molar-refractivity contribution in [3.63, 3.8) is 0 Å². The van der Waals surface area contributed by atoms with Gasteiger partial charge in [0.05, 0.1) is 5.69 Å². The zero-order valence-electron chi connectivity index (χ0n) is 12.5. The molecule has 120 valence electrons. The molecule has 2 aromatic rings. The minimum atomic E-state index is 0.0102. The van der Waals surface area contributed by atoms with Crippen LogP contribution in [0.4, 0.5) is 5.13 Å². The van der Waals surface area contributed by atoms with Gasteiger partial charge < -0.3 is 20.1 Å². The standard InChI is InChI=1S/C16H17N3O3S/c20-15(7-11-2-1-5-17-11)19-16-18-12(8-23-16)10-3-4-13-14(6-10)22-9-21-13/h3-4,6,8,11,17H,1-2,5,7,9H2,(H,18,19,20). The summed E-state index contributed by atoms with van der Waals surface area (Å²) in [6.07, 6.45) is 2.70. The molecule has 0 radical (unpaired) electrons. The second kappa shape index (κ2) is 6.17. The zero-order valence-corrected chi connectivity index (χ0v) is 13.3. The number of ether oxygens (including phenoxy) is 2. The summed E-state index contributed by atoms with van der Waals surface area (Å²) in [7, 11) is 0.